The van der Waals surface area contributed by atoms with E-state index in [1.807, 2.05) is 61.2 Å². The Hall–Kier alpha value is -5.08. The second-order valence-electron chi connectivity index (χ2n) is 10.7. The molecule has 6 N–H and O–H groups in total. The number of para-hydroxylation sites is 1. The van der Waals surface area contributed by atoms with Gasteiger partial charge in [-0.25, -0.2) is 15.0 Å². The molecule has 0 atom stereocenters. The number of anilines is 4. The Morgan fingerprint density at radius 2 is 1.76 bits per heavy atom. The number of benzene rings is 2. The fourth-order valence-electron chi connectivity index (χ4n) is 4.74. The average molecular weight is 660 g/mol. The van der Waals surface area contributed by atoms with Crippen molar-refractivity contribution in [2.24, 2.45) is 21.7 Å². The third kappa shape index (κ3) is 8.14. The Morgan fingerprint density at radius 1 is 1.02 bits per heavy atom. The lowest BCUT2D eigenvalue weighted by Crippen LogP contribution is -2.49. The minimum Gasteiger partial charge on any atom is -0.386 e. The number of aromatic nitrogens is 3. The Bertz CT molecular complexity index is 1770. The Morgan fingerprint density at radius 3 is 2.46 bits per heavy atom. The summed E-state index contributed by atoms with van der Waals surface area (Å²) in [5.74, 6) is 2.20. The Kier molecular flexibility index (Phi) is 10.1. The monoisotopic (exact) mass is 659 g/mol. The summed E-state index contributed by atoms with van der Waals surface area (Å²) in [6, 6.07) is 14.6. The summed E-state index contributed by atoms with van der Waals surface area (Å²) in [5.41, 5.74) is 14.5. The molecule has 0 spiro atoms. The van der Waals surface area contributed by atoms with Crippen LogP contribution in [0.2, 0.25) is 5.02 Å². The minimum absolute atomic E-state index is 0.0481. The van der Waals surface area contributed by atoms with E-state index in [-0.39, 0.29) is 24.1 Å². The number of carbonyl (C=O) groups excluding carboxylic acids is 2. The zero-order valence-corrected chi connectivity index (χ0v) is 27.2. The molecule has 1 aliphatic heterocycles. The maximum Gasteiger partial charge on any atom is 0.267 e. The van der Waals surface area contributed by atoms with Crippen molar-refractivity contribution in [3.8, 4) is 0 Å². The molecule has 2 amide bonds. The first-order chi connectivity index (χ1) is 22.0. The zero-order valence-electron chi connectivity index (χ0n) is 25.6. The van der Waals surface area contributed by atoms with Gasteiger partial charge >= 0.3 is 0 Å². The maximum absolute atomic E-state index is 13.1. The lowest BCUT2D eigenvalue weighted by atomic mass is 10.1. The molecule has 0 aliphatic carbocycles. The van der Waals surface area contributed by atoms with E-state index in [0.717, 1.165) is 16.9 Å². The van der Waals surface area contributed by atoms with Crippen molar-refractivity contribution in [3.05, 3.63) is 87.1 Å². The van der Waals surface area contributed by atoms with Crippen molar-refractivity contribution >= 4 is 68.9 Å². The smallest absolute Gasteiger partial charge is 0.267 e. The fraction of sp³-hybridized carbons (Fsp3) is 0.258. The van der Waals surface area contributed by atoms with E-state index in [1.54, 1.807) is 13.0 Å². The van der Waals surface area contributed by atoms with Gasteiger partial charge in [-0.2, -0.15) is 0 Å². The summed E-state index contributed by atoms with van der Waals surface area (Å²) in [5, 5.41) is 14.7. The molecule has 5 rings (SSSR count). The van der Waals surface area contributed by atoms with E-state index in [1.165, 1.54) is 17.5 Å². The Labute approximate surface area is 275 Å². The number of hydrogen-bond acceptors (Lipinski definition) is 10. The number of amides is 2. The van der Waals surface area contributed by atoms with Gasteiger partial charge < -0.3 is 31.9 Å². The third-order valence-corrected chi connectivity index (χ3v) is 8.35. The van der Waals surface area contributed by atoms with Gasteiger partial charge in [-0.1, -0.05) is 59.3 Å². The predicted molar refractivity (Wildman–Crippen MR) is 183 cm³/mol. The lowest BCUT2D eigenvalue weighted by molar-refractivity contribution is -0.130. The zero-order chi connectivity index (χ0) is 32.8. The molecular weight excluding hydrogens is 626 g/mol. The number of amidine groups is 2. The van der Waals surface area contributed by atoms with Gasteiger partial charge in [0.25, 0.3) is 5.91 Å². The molecule has 15 heteroatoms. The highest BCUT2D eigenvalue weighted by molar-refractivity contribution is 7.17. The number of nitrogens with zero attached hydrogens (tertiary/aromatic N) is 7. The van der Waals surface area contributed by atoms with Crippen LogP contribution in [0.25, 0.3) is 0 Å². The first-order valence-electron chi connectivity index (χ1n) is 14.5. The summed E-state index contributed by atoms with van der Waals surface area (Å²) in [6.45, 7) is 7.70. The van der Waals surface area contributed by atoms with Crippen molar-refractivity contribution < 1.29 is 9.59 Å². The van der Waals surface area contributed by atoms with Gasteiger partial charge in [0.2, 0.25) is 5.91 Å². The van der Waals surface area contributed by atoms with Gasteiger partial charge in [-0.05, 0) is 38.0 Å². The molecule has 3 heterocycles. The molecule has 0 saturated carbocycles. The minimum atomic E-state index is -0.298. The quantitative estimate of drug-likeness (QED) is 0.117. The van der Waals surface area contributed by atoms with Crippen LogP contribution in [0.5, 0.6) is 0 Å². The molecule has 238 valence electrons. The van der Waals surface area contributed by atoms with E-state index in [0.29, 0.717) is 69.9 Å². The van der Waals surface area contributed by atoms with Crippen LogP contribution in [0.1, 0.15) is 39.1 Å². The summed E-state index contributed by atoms with van der Waals surface area (Å²) in [7, 11) is 0. The second kappa shape index (κ2) is 14.3. The van der Waals surface area contributed by atoms with Crippen LogP contribution >= 0.6 is 22.9 Å². The highest BCUT2D eigenvalue weighted by Crippen LogP contribution is 2.28. The molecule has 0 unspecified atom stereocenters. The molecule has 1 fully saturated rings. The fourth-order valence-corrected chi connectivity index (χ4v) is 5.73. The van der Waals surface area contributed by atoms with Crippen LogP contribution < -0.4 is 27.0 Å². The lowest BCUT2D eigenvalue weighted by Gasteiger charge is -2.35. The molecule has 0 radical (unpaired) electrons. The van der Waals surface area contributed by atoms with Crippen LogP contribution in [0.4, 0.5) is 22.5 Å². The standard InChI is InChI=1S/C31H34ClN11O2S/c1-18-5-4-6-23(32)28(18)39-30(45)24-17-35-31(46-24)38-25-16-26(37-20(3)36-25)42-11-13-43(14-12-42)27(44)15-21-7-9-22(10-8-21)29(34)41-40-19(2)33/h4-10,16-17H,11-15H2,1-3H3,(H2,33,40)(H2,34,41)(H,39,45)(H,35,36,37,38). The number of hydrogen-bond donors (Lipinski definition) is 4. The number of piperazine rings is 1. The molecule has 46 heavy (non-hydrogen) atoms. The predicted octanol–water partition coefficient (Wildman–Crippen LogP) is 4.09. The second-order valence-corrected chi connectivity index (χ2v) is 12.1. The van der Waals surface area contributed by atoms with E-state index in [2.05, 4.69) is 40.7 Å². The molecule has 13 nitrogen and oxygen atoms in total. The molecule has 2 aromatic carbocycles. The highest BCUT2D eigenvalue weighted by Gasteiger charge is 2.23. The topological polar surface area (TPSA) is 180 Å². The molecule has 0 bridgehead atoms. The van der Waals surface area contributed by atoms with E-state index < -0.39 is 0 Å². The summed E-state index contributed by atoms with van der Waals surface area (Å²) in [6.07, 6.45) is 1.79. The number of aryl methyl sites for hydroxylation is 2. The first kappa shape index (κ1) is 32.3. The van der Waals surface area contributed by atoms with Gasteiger partial charge in [-0.3, -0.25) is 9.59 Å². The van der Waals surface area contributed by atoms with Crippen molar-refractivity contribution in [2.75, 3.05) is 41.7 Å². The normalized spacial score (nSPS) is 13.9. The third-order valence-electron chi connectivity index (χ3n) is 7.13. The first-order valence-corrected chi connectivity index (χ1v) is 15.7. The maximum atomic E-state index is 13.1. The number of nitrogens with two attached hydrogens (primary N) is 2. The number of rotatable bonds is 9. The van der Waals surface area contributed by atoms with Crippen LogP contribution in [0, 0.1) is 13.8 Å². The number of thiazole rings is 1. The highest BCUT2D eigenvalue weighted by atomic mass is 35.5. The van der Waals surface area contributed by atoms with Gasteiger partial charge in [-0.15, -0.1) is 10.2 Å². The SMILES string of the molecule is C/C(N)=N/N=C(\N)c1ccc(CC(=O)N2CCN(c3cc(Nc4ncc(C(=O)Nc5c(C)cccc5Cl)s4)nc(C)n3)CC2)cc1. The van der Waals surface area contributed by atoms with Crippen LogP contribution in [0.3, 0.4) is 0 Å². The van der Waals surface area contributed by atoms with Gasteiger partial charge in [0, 0.05) is 37.8 Å². The van der Waals surface area contributed by atoms with Gasteiger partial charge in [0.1, 0.15) is 28.2 Å². The number of carbonyl (C=O) groups is 2. The van der Waals surface area contributed by atoms with Crippen molar-refractivity contribution in [1.82, 2.24) is 19.9 Å². The molecule has 2 aromatic heterocycles. The van der Waals surface area contributed by atoms with Crippen LogP contribution in [-0.4, -0.2) is 69.5 Å². The summed E-state index contributed by atoms with van der Waals surface area (Å²) < 4.78 is 0. The van der Waals surface area contributed by atoms with E-state index in [4.69, 9.17) is 23.1 Å². The molecular formula is C31H34ClN11O2S. The van der Waals surface area contributed by atoms with Crippen molar-refractivity contribution in [1.29, 1.82) is 0 Å². The van der Waals surface area contributed by atoms with Crippen LogP contribution in [-0.2, 0) is 11.2 Å². The largest absolute Gasteiger partial charge is 0.386 e. The molecule has 1 saturated heterocycles. The Balaban J connectivity index is 1.16. The van der Waals surface area contributed by atoms with Gasteiger partial charge in [0.05, 0.1) is 23.3 Å². The van der Waals surface area contributed by atoms with E-state index >= 15 is 0 Å². The number of halogens is 1. The average Bonchev–Trinajstić information content (AvgIpc) is 3.50. The molecule has 4 aromatic rings. The van der Waals surface area contributed by atoms with Gasteiger partial charge in [0.15, 0.2) is 11.0 Å². The summed E-state index contributed by atoms with van der Waals surface area (Å²) >= 11 is 7.47. The number of nitrogens with one attached hydrogen (secondary N) is 2. The van der Waals surface area contributed by atoms with Crippen LogP contribution in [0.15, 0.2) is 64.9 Å². The van der Waals surface area contributed by atoms with E-state index in [9.17, 15) is 9.59 Å². The van der Waals surface area contributed by atoms with Crippen molar-refractivity contribution in [2.45, 2.75) is 27.2 Å². The molecule has 1 aliphatic rings. The summed E-state index contributed by atoms with van der Waals surface area (Å²) in [4.78, 5) is 43.8. The van der Waals surface area contributed by atoms with Crippen molar-refractivity contribution in [3.63, 3.8) is 0 Å².